The Hall–Kier alpha value is -2.45. The largest absolute Gasteiger partial charge is 0.497 e. The Labute approximate surface area is 153 Å². The minimum absolute atomic E-state index is 0.00642. The number of benzene rings is 2. The van der Waals surface area contributed by atoms with Crippen molar-refractivity contribution in [2.24, 2.45) is 0 Å². The first-order valence-corrected chi connectivity index (χ1v) is 9.31. The third-order valence-corrected chi connectivity index (χ3v) is 5.46. The van der Waals surface area contributed by atoms with Crippen LogP contribution in [0.15, 0.2) is 41.3 Å². The van der Waals surface area contributed by atoms with Crippen molar-refractivity contribution in [3.63, 3.8) is 0 Å². The van der Waals surface area contributed by atoms with E-state index in [0.717, 1.165) is 0 Å². The zero-order valence-corrected chi connectivity index (χ0v) is 16.2. The Bertz CT molecular complexity index is 866. The maximum absolute atomic E-state index is 12.9. The van der Waals surface area contributed by atoms with E-state index in [2.05, 4.69) is 4.72 Å². The van der Waals surface area contributed by atoms with Gasteiger partial charge in [-0.1, -0.05) is 0 Å². The second-order valence-electron chi connectivity index (χ2n) is 5.47. The normalized spacial score (nSPS) is 12.3. The number of ether oxygens (including phenoxy) is 4. The average Bonchev–Trinajstić information content (AvgIpc) is 2.66. The molecule has 0 amide bonds. The fourth-order valence-electron chi connectivity index (χ4n) is 2.53. The van der Waals surface area contributed by atoms with Crippen LogP contribution in [0, 0.1) is 0 Å². The summed E-state index contributed by atoms with van der Waals surface area (Å²) in [6.45, 7) is 1.72. The summed E-state index contributed by atoms with van der Waals surface area (Å²) in [4.78, 5) is -0.00642. The van der Waals surface area contributed by atoms with Crippen molar-refractivity contribution >= 4 is 10.0 Å². The van der Waals surface area contributed by atoms with E-state index in [9.17, 15) is 8.42 Å². The second-order valence-corrected chi connectivity index (χ2v) is 7.15. The average molecular weight is 381 g/mol. The SMILES string of the molecule is COc1ccc(OC)c(C(C)NS(=O)(=O)c2cc(OC)ccc2OC)c1. The lowest BCUT2D eigenvalue weighted by Gasteiger charge is -2.19. The van der Waals surface area contributed by atoms with Crippen LogP contribution in [0.5, 0.6) is 23.0 Å². The molecule has 8 heteroatoms. The fraction of sp³-hybridized carbons (Fsp3) is 0.333. The minimum atomic E-state index is -3.88. The lowest BCUT2D eigenvalue weighted by atomic mass is 10.1. The highest BCUT2D eigenvalue weighted by atomic mass is 32.2. The number of sulfonamides is 1. The predicted octanol–water partition coefficient (Wildman–Crippen LogP) is 2.76. The van der Waals surface area contributed by atoms with Gasteiger partial charge in [-0.3, -0.25) is 0 Å². The van der Waals surface area contributed by atoms with Crippen molar-refractivity contribution < 1.29 is 27.4 Å². The molecular weight excluding hydrogens is 358 g/mol. The van der Waals surface area contributed by atoms with Gasteiger partial charge in [-0.05, 0) is 37.3 Å². The van der Waals surface area contributed by atoms with Gasteiger partial charge in [-0.15, -0.1) is 0 Å². The first kappa shape index (κ1) is 19.9. The highest BCUT2D eigenvalue weighted by Crippen LogP contribution is 2.32. The van der Waals surface area contributed by atoms with Crippen LogP contribution in [-0.2, 0) is 10.0 Å². The van der Waals surface area contributed by atoms with E-state index in [1.807, 2.05) is 0 Å². The van der Waals surface area contributed by atoms with E-state index < -0.39 is 16.1 Å². The summed E-state index contributed by atoms with van der Waals surface area (Å²) in [5.74, 6) is 1.80. The van der Waals surface area contributed by atoms with Gasteiger partial charge in [-0.2, -0.15) is 0 Å². The smallest absolute Gasteiger partial charge is 0.244 e. The zero-order valence-electron chi connectivity index (χ0n) is 15.4. The van der Waals surface area contributed by atoms with Crippen LogP contribution in [0.2, 0.25) is 0 Å². The molecule has 0 fully saturated rings. The van der Waals surface area contributed by atoms with Gasteiger partial charge in [0.25, 0.3) is 0 Å². The van der Waals surface area contributed by atoms with Crippen LogP contribution < -0.4 is 23.7 Å². The molecule has 1 atom stereocenters. The van der Waals surface area contributed by atoms with Crippen molar-refractivity contribution in [2.45, 2.75) is 17.9 Å². The number of methoxy groups -OCH3 is 4. The molecule has 0 aliphatic rings. The molecule has 1 N–H and O–H groups in total. The van der Waals surface area contributed by atoms with E-state index in [1.165, 1.54) is 27.4 Å². The van der Waals surface area contributed by atoms with Gasteiger partial charge in [0.1, 0.15) is 27.9 Å². The molecule has 0 heterocycles. The van der Waals surface area contributed by atoms with Gasteiger partial charge in [0.05, 0.1) is 28.4 Å². The number of rotatable bonds is 8. The van der Waals surface area contributed by atoms with Crippen molar-refractivity contribution in [1.82, 2.24) is 4.72 Å². The van der Waals surface area contributed by atoms with Crippen LogP contribution in [-0.4, -0.2) is 36.9 Å². The molecule has 7 nitrogen and oxygen atoms in total. The molecule has 0 spiro atoms. The molecule has 0 saturated heterocycles. The molecule has 0 bridgehead atoms. The van der Waals surface area contributed by atoms with Gasteiger partial charge in [0.15, 0.2) is 0 Å². The Morgan fingerprint density at radius 2 is 1.35 bits per heavy atom. The molecule has 2 rings (SSSR count). The molecule has 26 heavy (non-hydrogen) atoms. The lowest BCUT2D eigenvalue weighted by molar-refractivity contribution is 0.390. The van der Waals surface area contributed by atoms with E-state index in [0.29, 0.717) is 22.8 Å². The quantitative estimate of drug-likeness (QED) is 0.757. The Morgan fingerprint density at radius 1 is 0.808 bits per heavy atom. The monoisotopic (exact) mass is 381 g/mol. The van der Waals surface area contributed by atoms with Crippen LogP contribution >= 0.6 is 0 Å². The fourth-order valence-corrected chi connectivity index (χ4v) is 3.94. The Morgan fingerprint density at radius 3 is 1.88 bits per heavy atom. The number of hydrogen-bond acceptors (Lipinski definition) is 6. The molecule has 0 radical (unpaired) electrons. The topological polar surface area (TPSA) is 83.1 Å². The highest BCUT2D eigenvalue weighted by molar-refractivity contribution is 7.89. The molecule has 0 aromatic heterocycles. The molecule has 0 saturated carbocycles. The first-order valence-electron chi connectivity index (χ1n) is 7.82. The summed E-state index contributed by atoms with van der Waals surface area (Å²) < 4.78 is 49.3. The van der Waals surface area contributed by atoms with Gasteiger partial charge >= 0.3 is 0 Å². The standard InChI is InChI=1S/C18H23NO6S/c1-12(15-10-13(22-2)6-8-16(15)24-4)19-26(20,21)18-11-14(23-3)7-9-17(18)25-5/h6-12,19H,1-5H3. The van der Waals surface area contributed by atoms with Crippen LogP contribution in [0.1, 0.15) is 18.5 Å². The van der Waals surface area contributed by atoms with Crippen LogP contribution in [0.4, 0.5) is 0 Å². The van der Waals surface area contributed by atoms with Crippen molar-refractivity contribution in [1.29, 1.82) is 0 Å². The second kappa shape index (κ2) is 8.29. The molecule has 142 valence electrons. The molecule has 0 aliphatic carbocycles. The van der Waals surface area contributed by atoms with Gasteiger partial charge in [-0.25, -0.2) is 13.1 Å². The number of nitrogens with one attached hydrogen (secondary N) is 1. The summed E-state index contributed by atoms with van der Waals surface area (Å²) in [6, 6.07) is 9.22. The van der Waals surface area contributed by atoms with Gasteiger partial charge in [0.2, 0.25) is 10.0 Å². The molecule has 2 aromatic rings. The van der Waals surface area contributed by atoms with Gasteiger partial charge < -0.3 is 18.9 Å². The van der Waals surface area contributed by atoms with E-state index in [1.54, 1.807) is 44.4 Å². The third kappa shape index (κ3) is 4.20. The van der Waals surface area contributed by atoms with Crippen LogP contribution in [0.25, 0.3) is 0 Å². The molecule has 2 aromatic carbocycles. The predicted molar refractivity (Wildman–Crippen MR) is 97.8 cm³/mol. The van der Waals surface area contributed by atoms with Crippen molar-refractivity contribution in [3.05, 3.63) is 42.0 Å². The number of hydrogen-bond donors (Lipinski definition) is 1. The minimum Gasteiger partial charge on any atom is -0.497 e. The van der Waals surface area contributed by atoms with Crippen LogP contribution in [0.3, 0.4) is 0 Å². The maximum Gasteiger partial charge on any atom is 0.244 e. The summed E-state index contributed by atoms with van der Waals surface area (Å²) in [5, 5.41) is 0. The first-order chi connectivity index (χ1) is 12.4. The highest BCUT2D eigenvalue weighted by Gasteiger charge is 2.25. The third-order valence-electron chi connectivity index (χ3n) is 3.90. The molecule has 1 unspecified atom stereocenters. The Kier molecular flexibility index (Phi) is 6.33. The summed E-state index contributed by atoms with van der Waals surface area (Å²) in [6.07, 6.45) is 0. The van der Waals surface area contributed by atoms with Gasteiger partial charge in [0, 0.05) is 17.7 Å². The van der Waals surface area contributed by atoms with Crippen molar-refractivity contribution in [3.8, 4) is 23.0 Å². The van der Waals surface area contributed by atoms with E-state index >= 15 is 0 Å². The molecular formula is C18H23NO6S. The zero-order chi connectivity index (χ0) is 19.3. The lowest BCUT2D eigenvalue weighted by Crippen LogP contribution is -2.27. The summed E-state index contributed by atoms with van der Waals surface area (Å²) >= 11 is 0. The summed E-state index contributed by atoms with van der Waals surface area (Å²) in [5.41, 5.74) is 0.650. The maximum atomic E-state index is 12.9. The van der Waals surface area contributed by atoms with Crippen molar-refractivity contribution in [2.75, 3.05) is 28.4 Å². The molecule has 0 aliphatic heterocycles. The van der Waals surface area contributed by atoms with E-state index in [-0.39, 0.29) is 10.6 Å². The van der Waals surface area contributed by atoms with E-state index in [4.69, 9.17) is 18.9 Å². The Balaban J connectivity index is 2.41. The summed E-state index contributed by atoms with van der Waals surface area (Å²) in [7, 11) is 2.07.